The van der Waals surface area contributed by atoms with E-state index in [1.165, 1.54) is 12.1 Å². The fraction of sp³-hybridized carbons (Fsp3) is 0.333. The molecule has 0 aliphatic heterocycles. The summed E-state index contributed by atoms with van der Waals surface area (Å²) >= 11 is 0. The van der Waals surface area contributed by atoms with E-state index in [0.717, 1.165) is 6.08 Å². The molecule has 2 N–H and O–H groups in total. The molecule has 0 unspecified atom stereocenters. The summed E-state index contributed by atoms with van der Waals surface area (Å²) in [5.41, 5.74) is 0.360. The molecule has 0 spiro atoms. The number of carbonyl (C=O) groups excluding carboxylic acids is 1. The maximum Gasteiger partial charge on any atom is 0.330 e. The van der Waals surface area contributed by atoms with E-state index in [1.54, 1.807) is 19.1 Å². The topological polar surface area (TPSA) is 75.6 Å². The van der Waals surface area contributed by atoms with Crippen molar-refractivity contribution in [3.05, 3.63) is 41.9 Å². The van der Waals surface area contributed by atoms with E-state index >= 15 is 0 Å². The van der Waals surface area contributed by atoms with Gasteiger partial charge in [0.05, 0.1) is 6.61 Å². The second-order valence-corrected chi connectivity index (χ2v) is 4.32. The first kappa shape index (κ1) is 16.7. The minimum Gasteiger partial charge on any atom is -0.493 e. The molecule has 21 heavy (non-hydrogen) atoms. The SMILES string of the molecule is CC/C(=C\C(=O)O)NC(=O)CCCOc1cccc(F)c1. The highest BCUT2D eigenvalue weighted by atomic mass is 19.1. The van der Waals surface area contributed by atoms with Gasteiger partial charge in [-0.05, 0) is 25.0 Å². The van der Waals surface area contributed by atoms with Gasteiger partial charge in [0, 0.05) is 24.3 Å². The van der Waals surface area contributed by atoms with Crippen LogP contribution in [0.1, 0.15) is 26.2 Å². The van der Waals surface area contributed by atoms with Crippen molar-refractivity contribution in [1.82, 2.24) is 5.32 Å². The predicted molar refractivity (Wildman–Crippen MR) is 75.3 cm³/mol. The van der Waals surface area contributed by atoms with Gasteiger partial charge in [-0.25, -0.2) is 9.18 Å². The van der Waals surface area contributed by atoms with Crippen LogP contribution >= 0.6 is 0 Å². The zero-order chi connectivity index (χ0) is 15.7. The van der Waals surface area contributed by atoms with Gasteiger partial charge >= 0.3 is 5.97 Å². The molecule has 0 atom stereocenters. The lowest BCUT2D eigenvalue weighted by atomic mass is 10.2. The molecule has 0 bridgehead atoms. The number of halogens is 1. The molecule has 0 aliphatic rings. The van der Waals surface area contributed by atoms with E-state index in [1.807, 2.05) is 0 Å². The van der Waals surface area contributed by atoms with Crippen LogP contribution in [0.4, 0.5) is 4.39 Å². The number of carboxylic acid groups (broad SMARTS) is 1. The number of carbonyl (C=O) groups is 2. The van der Waals surface area contributed by atoms with Crippen molar-refractivity contribution in [1.29, 1.82) is 0 Å². The van der Waals surface area contributed by atoms with Crippen molar-refractivity contribution in [3.8, 4) is 5.75 Å². The first-order valence-electron chi connectivity index (χ1n) is 6.63. The monoisotopic (exact) mass is 295 g/mol. The van der Waals surface area contributed by atoms with E-state index in [0.29, 0.717) is 24.3 Å². The molecule has 0 aromatic heterocycles. The Balaban J connectivity index is 2.29. The van der Waals surface area contributed by atoms with Gasteiger partial charge < -0.3 is 15.2 Å². The first-order chi connectivity index (χ1) is 10.0. The molecule has 1 aromatic rings. The Kier molecular flexibility index (Phi) is 6.94. The van der Waals surface area contributed by atoms with Gasteiger partial charge in [-0.15, -0.1) is 0 Å². The molecular formula is C15H18FNO4. The van der Waals surface area contributed by atoms with Crippen molar-refractivity contribution in [3.63, 3.8) is 0 Å². The summed E-state index contributed by atoms with van der Waals surface area (Å²) < 4.78 is 18.2. The fourth-order valence-electron chi connectivity index (χ4n) is 1.60. The van der Waals surface area contributed by atoms with Crippen LogP contribution < -0.4 is 10.1 Å². The van der Waals surface area contributed by atoms with E-state index < -0.39 is 5.97 Å². The molecule has 0 radical (unpaired) electrons. The van der Waals surface area contributed by atoms with Crippen LogP contribution in [0.15, 0.2) is 36.0 Å². The average molecular weight is 295 g/mol. The lowest BCUT2D eigenvalue weighted by molar-refractivity contribution is -0.131. The number of allylic oxidation sites excluding steroid dienone is 1. The van der Waals surface area contributed by atoms with Gasteiger partial charge in [0.2, 0.25) is 5.91 Å². The molecule has 6 heteroatoms. The molecule has 5 nitrogen and oxygen atoms in total. The highest BCUT2D eigenvalue weighted by Crippen LogP contribution is 2.12. The number of carboxylic acids is 1. The normalized spacial score (nSPS) is 11.0. The van der Waals surface area contributed by atoms with Crippen LogP contribution in [0.5, 0.6) is 5.75 Å². The van der Waals surface area contributed by atoms with Crippen molar-refractivity contribution in [2.75, 3.05) is 6.61 Å². The van der Waals surface area contributed by atoms with Crippen molar-refractivity contribution in [2.24, 2.45) is 0 Å². The lowest BCUT2D eigenvalue weighted by Gasteiger charge is -2.08. The summed E-state index contributed by atoms with van der Waals surface area (Å²) in [5, 5.41) is 11.1. The van der Waals surface area contributed by atoms with Crippen molar-refractivity contribution in [2.45, 2.75) is 26.2 Å². The Labute approximate surface area is 122 Å². The number of hydrogen-bond acceptors (Lipinski definition) is 3. The molecular weight excluding hydrogens is 277 g/mol. The van der Waals surface area contributed by atoms with Gasteiger partial charge in [-0.2, -0.15) is 0 Å². The Morgan fingerprint density at radius 3 is 2.81 bits per heavy atom. The molecule has 0 saturated carbocycles. The molecule has 0 fully saturated rings. The highest BCUT2D eigenvalue weighted by Gasteiger charge is 2.05. The zero-order valence-electron chi connectivity index (χ0n) is 11.8. The minimum absolute atomic E-state index is 0.201. The zero-order valence-corrected chi connectivity index (χ0v) is 11.8. The third kappa shape index (κ3) is 7.10. The Morgan fingerprint density at radius 2 is 2.19 bits per heavy atom. The first-order valence-corrected chi connectivity index (χ1v) is 6.63. The van der Waals surface area contributed by atoms with Crippen LogP contribution in [0.25, 0.3) is 0 Å². The van der Waals surface area contributed by atoms with E-state index in [-0.39, 0.29) is 24.8 Å². The van der Waals surface area contributed by atoms with Crippen LogP contribution in [0.3, 0.4) is 0 Å². The lowest BCUT2D eigenvalue weighted by Crippen LogP contribution is -2.23. The number of benzene rings is 1. The smallest absolute Gasteiger partial charge is 0.330 e. The van der Waals surface area contributed by atoms with E-state index in [9.17, 15) is 14.0 Å². The number of nitrogens with one attached hydrogen (secondary N) is 1. The summed E-state index contributed by atoms with van der Waals surface area (Å²) in [5.74, 6) is -1.33. The number of ether oxygens (including phenoxy) is 1. The average Bonchev–Trinajstić information content (AvgIpc) is 2.42. The third-order valence-electron chi connectivity index (χ3n) is 2.59. The predicted octanol–water partition coefficient (Wildman–Crippen LogP) is 2.48. The van der Waals surface area contributed by atoms with E-state index in [2.05, 4.69) is 5.32 Å². The maximum atomic E-state index is 12.9. The summed E-state index contributed by atoms with van der Waals surface area (Å²) in [7, 11) is 0. The van der Waals surface area contributed by atoms with Gasteiger partial charge in [-0.1, -0.05) is 13.0 Å². The molecule has 1 rings (SSSR count). The van der Waals surface area contributed by atoms with Crippen LogP contribution in [0, 0.1) is 5.82 Å². The van der Waals surface area contributed by atoms with Crippen molar-refractivity contribution >= 4 is 11.9 Å². The summed E-state index contributed by atoms with van der Waals surface area (Å²) in [4.78, 5) is 22.1. The van der Waals surface area contributed by atoms with Gasteiger partial charge in [0.15, 0.2) is 0 Å². The molecule has 0 heterocycles. The highest BCUT2D eigenvalue weighted by molar-refractivity contribution is 5.83. The molecule has 114 valence electrons. The number of hydrogen-bond donors (Lipinski definition) is 2. The third-order valence-corrected chi connectivity index (χ3v) is 2.59. The molecule has 0 aliphatic carbocycles. The molecule has 0 saturated heterocycles. The van der Waals surface area contributed by atoms with Crippen LogP contribution in [-0.4, -0.2) is 23.6 Å². The Hall–Kier alpha value is -2.37. The van der Waals surface area contributed by atoms with Crippen LogP contribution in [0.2, 0.25) is 0 Å². The second-order valence-electron chi connectivity index (χ2n) is 4.32. The number of amides is 1. The van der Waals surface area contributed by atoms with Crippen molar-refractivity contribution < 1.29 is 23.8 Å². The second kappa shape index (κ2) is 8.73. The van der Waals surface area contributed by atoms with Gasteiger partial charge in [0.1, 0.15) is 11.6 Å². The molecule has 1 aromatic carbocycles. The maximum absolute atomic E-state index is 12.9. The van der Waals surface area contributed by atoms with Gasteiger partial charge in [-0.3, -0.25) is 4.79 Å². The Bertz CT molecular complexity index is 528. The van der Waals surface area contributed by atoms with Gasteiger partial charge in [0.25, 0.3) is 0 Å². The fourth-order valence-corrected chi connectivity index (χ4v) is 1.60. The quantitative estimate of drug-likeness (QED) is 0.570. The Morgan fingerprint density at radius 1 is 1.43 bits per heavy atom. The summed E-state index contributed by atoms with van der Waals surface area (Å²) in [6.45, 7) is 2.03. The number of rotatable bonds is 8. The summed E-state index contributed by atoms with van der Waals surface area (Å²) in [6.07, 6.45) is 2.05. The standard InChI is InChI=1S/C15H18FNO4/c1-2-12(10-15(19)20)17-14(18)7-4-8-21-13-6-3-5-11(16)9-13/h3,5-6,9-10H,2,4,7-8H2,1H3,(H,17,18)(H,19,20)/b12-10+. The molecule has 1 amide bonds. The van der Waals surface area contributed by atoms with Crippen LogP contribution in [-0.2, 0) is 9.59 Å². The van der Waals surface area contributed by atoms with E-state index in [4.69, 9.17) is 9.84 Å². The number of aliphatic carboxylic acids is 1. The largest absolute Gasteiger partial charge is 0.493 e. The minimum atomic E-state index is -1.10. The summed E-state index contributed by atoms with van der Waals surface area (Å²) in [6, 6.07) is 5.77.